The SMILES string of the molecule is COc1ccc(Cc2noc(C3(C)CCNC(=O)C3)n2)cc1F. The summed E-state index contributed by atoms with van der Waals surface area (Å²) in [6.45, 7) is 2.53. The Bertz CT molecular complexity index is 731. The molecule has 1 aromatic carbocycles. The van der Waals surface area contributed by atoms with Crippen molar-refractivity contribution in [2.24, 2.45) is 0 Å². The lowest BCUT2D eigenvalue weighted by Crippen LogP contribution is -2.41. The Labute approximate surface area is 133 Å². The monoisotopic (exact) mass is 319 g/mol. The second-order valence-electron chi connectivity index (χ2n) is 6.00. The van der Waals surface area contributed by atoms with E-state index in [0.717, 1.165) is 12.0 Å². The molecule has 122 valence electrons. The molecule has 1 aliphatic rings. The highest BCUT2D eigenvalue weighted by Crippen LogP contribution is 2.32. The predicted molar refractivity (Wildman–Crippen MR) is 79.7 cm³/mol. The first kappa shape index (κ1) is 15.5. The van der Waals surface area contributed by atoms with E-state index >= 15 is 0 Å². The van der Waals surface area contributed by atoms with Gasteiger partial charge in [0.15, 0.2) is 17.4 Å². The molecule has 0 bridgehead atoms. The summed E-state index contributed by atoms with van der Waals surface area (Å²) in [7, 11) is 1.42. The third-order valence-corrected chi connectivity index (χ3v) is 4.11. The topological polar surface area (TPSA) is 77.3 Å². The molecule has 1 aromatic heterocycles. The van der Waals surface area contributed by atoms with E-state index in [9.17, 15) is 9.18 Å². The van der Waals surface area contributed by atoms with Crippen molar-refractivity contribution in [3.8, 4) is 5.75 Å². The summed E-state index contributed by atoms with van der Waals surface area (Å²) >= 11 is 0. The normalized spacial score (nSPS) is 21.1. The molecule has 1 unspecified atom stereocenters. The third-order valence-electron chi connectivity index (χ3n) is 4.11. The van der Waals surface area contributed by atoms with Crippen LogP contribution in [0.5, 0.6) is 5.75 Å². The lowest BCUT2D eigenvalue weighted by Gasteiger charge is -2.29. The lowest BCUT2D eigenvalue weighted by atomic mass is 9.80. The number of halogens is 1. The quantitative estimate of drug-likeness (QED) is 0.932. The number of aromatic nitrogens is 2. The van der Waals surface area contributed by atoms with Gasteiger partial charge in [-0.2, -0.15) is 4.98 Å². The van der Waals surface area contributed by atoms with Gasteiger partial charge in [-0.3, -0.25) is 4.79 Å². The molecule has 2 aromatic rings. The molecule has 1 atom stereocenters. The molecular weight excluding hydrogens is 301 g/mol. The molecule has 1 amide bonds. The van der Waals surface area contributed by atoms with E-state index in [1.165, 1.54) is 13.2 Å². The number of nitrogens with one attached hydrogen (secondary N) is 1. The number of methoxy groups -OCH3 is 1. The molecule has 1 fully saturated rings. The molecule has 1 saturated heterocycles. The van der Waals surface area contributed by atoms with Gasteiger partial charge in [-0.05, 0) is 24.1 Å². The Hall–Kier alpha value is -2.44. The summed E-state index contributed by atoms with van der Waals surface area (Å²) in [6.07, 6.45) is 1.43. The summed E-state index contributed by atoms with van der Waals surface area (Å²) in [4.78, 5) is 16.0. The standard InChI is InChI=1S/C16H18FN3O3/c1-16(5-6-18-14(21)9-16)15-19-13(20-23-15)8-10-3-4-12(22-2)11(17)7-10/h3-4,7H,5-6,8-9H2,1-2H3,(H,18,21). The van der Waals surface area contributed by atoms with E-state index in [0.29, 0.717) is 31.1 Å². The van der Waals surface area contributed by atoms with Crippen LogP contribution < -0.4 is 10.1 Å². The van der Waals surface area contributed by atoms with Gasteiger partial charge in [-0.15, -0.1) is 0 Å². The highest BCUT2D eigenvalue weighted by Gasteiger charge is 2.37. The van der Waals surface area contributed by atoms with Crippen LogP contribution in [0.4, 0.5) is 4.39 Å². The van der Waals surface area contributed by atoms with E-state index < -0.39 is 11.2 Å². The number of hydrogen-bond donors (Lipinski definition) is 1. The maximum Gasteiger partial charge on any atom is 0.233 e. The van der Waals surface area contributed by atoms with Gasteiger partial charge in [0.05, 0.1) is 12.5 Å². The summed E-state index contributed by atoms with van der Waals surface area (Å²) in [5.74, 6) is 0.678. The van der Waals surface area contributed by atoms with Crippen molar-refractivity contribution in [2.75, 3.05) is 13.7 Å². The van der Waals surface area contributed by atoms with Crippen LogP contribution in [-0.4, -0.2) is 29.7 Å². The Morgan fingerprint density at radius 3 is 3.00 bits per heavy atom. The van der Waals surface area contributed by atoms with Crippen molar-refractivity contribution in [1.29, 1.82) is 0 Å². The number of benzene rings is 1. The van der Waals surface area contributed by atoms with Crippen LogP contribution >= 0.6 is 0 Å². The van der Waals surface area contributed by atoms with E-state index in [4.69, 9.17) is 9.26 Å². The summed E-state index contributed by atoms with van der Waals surface area (Å²) < 4.78 is 24.0. The number of amides is 1. The molecule has 3 rings (SSSR count). The van der Waals surface area contributed by atoms with Crippen molar-refractivity contribution < 1.29 is 18.4 Å². The zero-order chi connectivity index (χ0) is 16.4. The van der Waals surface area contributed by atoms with Gasteiger partial charge >= 0.3 is 0 Å². The maximum absolute atomic E-state index is 13.7. The number of carbonyl (C=O) groups is 1. The van der Waals surface area contributed by atoms with Crippen LogP contribution in [0.3, 0.4) is 0 Å². The summed E-state index contributed by atoms with van der Waals surface area (Å²) in [5, 5.41) is 6.75. The van der Waals surface area contributed by atoms with Gasteiger partial charge in [-0.1, -0.05) is 18.1 Å². The number of nitrogens with zero attached hydrogens (tertiary/aromatic N) is 2. The summed E-state index contributed by atoms with van der Waals surface area (Å²) in [5.41, 5.74) is 0.279. The Balaban J connectivity index is 1.77. The second kappa shape index (κ2) is 5.98. The number of hydrogen-bond acceptors (Lipinski definition) is 5. The fourth-order valence-electron chi connectivity index (χ4n) is 2.74. The third kappa shape index (κ3) is 3.18. The van der Waals surface area contributed by atoms with Gasteiger partial charge < -0.3 is 14.6 Å². The van der Waals surface area contributed by atoms with Gasteiger partial charge in [0.25, 0.3) is 0 Å². The number of ether oxygens (including phenoxy) is 1. The van der Waals surface area contributed by atoms with Crippen LogP contribution in [0.25, 0.3) is 0 Å². The largest absolute Gasteiger partial charge is 0.494 e. The number of carbonyl (C=O) groups excluding carboxylic acids is 1. The fourth-order valence-corrected chi connectivity index (χ4v) is 2.74. The highest BCUT2D eigenvalue weighted by molar-refractivity contribution is 5.78. The van der Waals surface area contributed by atoms with Crippen molar-refractivity contribution in [3.63, 3.8) is 0 Å². The minimum atomic E-state index is -0.446. The van der Waals surface area contributed by atoms with Gasteiger partial charge in [0.1, 0.15) is 0 Å². The van der Waals surface area contributed by atoms with Crippen molar-refractivity contribution >= 4 is 5.91 Å². The minimum absolute atomic E-state index is 0.0178. The second-order valence-corrected chi connectivity index (χ2v) is 6.00. The smallest absolute Gasteiger partial charge is 0.233 e. The lowest BCUT2D eigenvalue weighted by molar-refractivity contribution is -0.124. The predicted octanol–water partition coefficient (Wildman–Crippen LogP) is 1.98. The molecule has 7 heteroatoms. The Morgan fingerprint density at radius 2 is 2.30 bits per heavy atom. The molecule has 0 saturated carbocycles. The van der Waals surface area contributed by atoms with Gasteiger partial charge in [-0.25, -0.2) is 4.39 Å². The zero-order valence-corrected chi connectivity index (χ0v) is 13.1. The molecule has 1 N–H and O–H groups in total. The van der Waals surface area contributed by atoms with Crippen molar-refractivity contribution in [1.82, 2.24) is 15.5 Å². The Kier molecular flexibility index (Phi) is 4.02. The Morgan fingerprint density at radius 1 is 1.48 bits per heavy atom. The molecule has 23 heavy (non-hydrogen) atoms. The van der Waals surface area contributed by atoms with Crippen molar-refractivity contribution in [2.45, 2.75) is 31.6 Å². The first-order chi connectivity index (χ1) is 11.0. The average molecular weight is 319 g/mol. The van der Waals surface area contributed by atoms with E-state index in [2.05, 4.69) is 15.5 Å². The maximum atomic E-state index is 13.7. The molecule has 0 aliphatic carbocycles. The number of rotatable bonds is 4. The van der Waals surface area contributed by atoms with Crippen LogP contribution in [0.1, 0.15) is 37.0 Å². The molecule has 2 heterocycles. The van der Waals surface area contributed by atoms with E-state index in [-0.39, 0.29) is 11.7 Å². The molecule has 6 nitrogen and oxygen atoms in total. The van der Waals surface area contributed by atoms with Crippen LogP contribution in [-0.2, 0) is 16.6 Å². The van der Waals surface area contributed by atoms with Crippen LogP contribution in [0, 0.1) is 5.82 Å². The number of piperidine rings is 1. The highest BCUT2D eigenvalue weighted by atomic mass is 19.1. The van der Waals surface area contributed by atoms with E-state index in [1.807, 2.05) is 6.92 Å². The first-order valence-electron chi connectivity index (χ1n) is 7.42. The fraction of sp³-hybridized carbons (Fsp3) is 0.438. The molecular formula is C16H18FN3O3. The van der Waals surface area contributed by atoms with Crippen molar-refractivity contribution in [3.05, 3.63) is 41.3 Å². The average Bonchev–Trinajstić information content (AvgIpc) is 2.96. The van der Waals surface area contributed by atoms with Crippen LogP contribution in [0.15, 0.2) is 22.7 Å². The van der Waals surface area contributed by atoms with Gasteiger partial charge in [0.2, 0.25) is 11.8 Å². The summed E-state index contributed by atoms with van der Waals surface area (Å²) in [6, 6.07) is 4.72. The molecule has 1 aliphatic heterocycles. The minimum Gasteiger partial charge on any atom is -0.494 e. The molecule has 0 radical (unpaired) electrons. The van der Waals surface area contributed by atoms with E-state index in [1.54, 1.807) is 12.1 Å². The van der Waals surface area contributed by atoms with Crippen LogP contribution in [0.2, 0.25) is 0 Å². The zero-order valence-electron chi connectivity index (χ0n) is 13.1. The molecule has 0 spiro atoms. The van der Waals surface area contributed by atoms with Gasteiger partial charge in [0, 0.05) is 19.4 Å². The first-order valence-corrected chi connectivity index (χ1v) is 7.42.